The van der Waals surface area contributed by atoms with Gasteiger partial charge >= 0.3 is 5.69 Å². The topological polar surface area (TPSA) is 115 Å². The number of aromatic amines is 1. The summed E-state index contributed by atoms with van der Waals surface area (Å²) in [5.74, 6) is 0.690. The molecule has 0 saturated heterocycles. The third kappa shape index (κ3) is 4.76. The van der Waals surface area contributed by atoms with Crippen molar-refractivity contribution in [3.63, 3.8) is 0 Å². The van der Waals surface area contributed by atoms with Crippen LogP contribution in [0.3, 0.4) is 0 Å². The first-order valence-electron chi connectivity index (χ1n) is 9.05. The number of pyridine rings is 1. The number of nitrogen functional groups attached to an aromatic ring is 1. The highest BCUT2D eigenvalue weighted by molar-refractivity contribution is 14.1. The summed E-state index contributed by atoms with van der Waals surface area (Å²) in [7, 11) is 0. The predicted molar refractivity (Wildman–Crippen MR) is 116 cm³/mol. The molecular weight excluding hydrogens is 457 g/mol. The van der Waals surface area contributed by atoms with Gasteiger partial charge in [0, 0.05) is 16.7 Å². The number of nitrogens with two attached hydrogens (primary N) is 1. The molecule has 3 heterocycles. The zero-order valence-electron chi connectivity index (χ0n) is 15.5. The summed E-state index contributed by atoms with van der Waals surface area (Å²) in [6.45, 7) is 5.36. The maximum atomic E-state index is 12.4. The molecule has 8 nitrogen and oxygen atoms in total. The summed E-state index contributed by atoms with van der Waals surface area (Å²) in [6, 6.07) is 4.00. The van der Waals surface area contributed by atoms with Crippen molar-refractivity contribution in [3.05, 3.63) is 40.1 Å². The van der Waals surface area contributed by atoms with E-state index >= 15 is 0 Å². The first-order chi connectivity index (χ1) is 13.0. The van der Waals surface area contributed by atoms with Crippen LogP contribution in [-0.4, -0.2) is 35.0 Å². The van der Waals surface area contributed by atoms with Crippen LogP contribution in [0.25, 0.3) is 11.2 Å². The quantitative estimate of drug-likeness (QED) is 0.259. The van der Waals surface area contributed by atoms with Crippen molar-refractivity contribution in [2.75, 3.05) is 17.6 Å². The Morgan fingerprint density at radius 3 is 2.85 bits per heavy atom. The maximum absolute atomic E-state index is 12.4. The standard InChI is InChI=1S/C18H24IN7O/c1-3-4-7-21-17-24-15(20)14-16(25-17)26(18(27)23-14)10-13-6-5-12(9-22-13)8-11(2)19/h5-6,9,11H,3-4,7-8,10H2,1-2H3,(H,23,27)(H3,20,21,24,25). The first-order valence-corrected chi connectivity index (χ1v) is 10.3. The average molecular weight is 481 g/mol. The fourth-order valence-corrected chi connectivity index (χ4v) is 3.32. The fourth-order valence-electron chi connectivity index (χ4n) is 2.81. The normalized spacial score (nSPS) is 12.4. The van der Waals surface area contributed by atoms with Crippen molar-refractivity contribution in [3.8, 4) is 0 Å². The van der Waals surface area contributed by atoms with Gasteiger partial charge in [-0.2, -0.15) is 9.97 Å². The molecule has 0 aliphatic carbocycles. The van der Waals surface area contributed by atoms with Crippen molar-refractivity contribution in [1.82, 2.24) is 24.5 Å². The molecule has 0 spiro atoms. The molecule has 0 aromatic carbocycles. The van der Waals surface area contributed by atoms with Gasteiger partial charge in [0.05, 0.1) is 12.2 Å². The lowest BCUT2D eigenvalue weighted by atomic mass is 10.1. The van der Waals surface area contributed by atoms with Crippen LogP contribution in [0.2, 0.25) is 0 Å². The molecule has 3 aromatic heterocycles. The number of hydrogen-bond donors (Lipinski definition) is 3. The zero-order chi connectivity index (χ0) is 19.4. The molecule has 1 atom stereocenters. The second-order valence-electron chi connectivity index (χ2n) is 6.57. The smallest absolute Gasteiger partial charge is 0.328 e. The fraction of sp³-hybridized carbons (Fsp3) is 0.444. The van der Waals surface area contributed by atoms with Crippen LogP contribution >= 0.6 is 22.6 Å². The van der Waals surface area contributed by atoms with Crippen LogP contribution in [0, 0.1) is 0 Å². The summed E-state index contributed by atoms with van der Waals surface area (Å²) in [5, 5.41) is 3.16. The number of alkyl halides is 1. The van der Waals surface area contributed by atoms with Crippen LogP contribution in [0.4, 0.5) is 11.8 Å². The molecule has 4 N–H and O–H groups in total. The van der Waals surface area contributed by atoms with Gasteiger partial charge in [0.2, 0.25) is 5.95 Å². The minimum absolute atomic E-state index is 0.259. The Morgan fingerprint density at radius 2 is 2.19 bits per heavy atom. The molecule has 144 valence electrons. The van der Waals surface area contributed by atoms with Crippen LogP contribution in [-0.2, 0) is 13.0 Å². The van der Waals surface area contributed by atoms with Gasteiger partial charge in [-0.25, -0.2) is 4.79 Å². The van der Waals surface area contributed by atoms with Crippen LogP contribution in [0.5, 0.6) is 0 Å². The Kier molecular flexibility index (Phi) is 6.30. The van der Waals surface area contributed by atoms with E-state index in [9.17, 15) is 4.79 Å². The van der Waals surface area contributed by atoms with E-state index in [1.807, 2.05) is 12.3 Å². The van der Waals surface area contributed by atoms with Crippen LogP contribution < -0.4 is 16.7 Å². The average Bonchev–Trinajstić information content (AvgIpc) is 2.93. The lowest BCUT2D eigenvalue weighted by Gasteiger charge is -2.08. The molecule has 0 saturated carbocycles. The maximum Gasteiger partial charge on any atom is 0.328 e. The zero-order valence-corrected chi connectivity index (χ0v) is 17.7. The highest BCUT2D eigenvalue weighted by Gasteiger charge is 2.14. The minimum Gasteiger partial charge on any atom is -0.382 e. The Morgan fingerprint density at radius 1 is 1.37 bits per heavy atom. The number of rotatable bonds is 8. The lowest BCUT2D eigenvalue weighted by Crippen LogP contribution is -2.18. The van der Waals surface area contributed by atoms with Gasteiger partial charge < -0.3 is 16.0 Å². The van der Waals surface area contributed by atoms with Crippen molar-refractivity contribution < 1.29 is 0 Å². The highest BCUT2D eigenvalue weighted by Crippen LogP contribution is 2.17. The second-order valence-corrected chi connectivity index (χ2v) is 8.70. The molecule has 0 aliphatic rings. The van der Waals surface area contributed by atoms with Gasteiger partial charge in [0.1, 0.15) is 5.52 Å². The van der Waals surface area contributed by atoms with E-state index in [1.165, 1.54) is 5.56 Å². The molecule has 27 heavy (non-hydrogen) atoms. The van der Waals surface area contributed by atoms with Gasteiger partial charge in [0.25, 0.3) is 0 Å². The van der Waals surface area contributed by atoms with Crippen molar-refractivity contribution in [2.24, 2.45) is 0 Å². The molecule has 0 aliphatic heterocycles. The lowest BCUT2D eigenvalue weighted by molar-refractivity contribution is 0.754. The molecule has 0 fully saturated rings. The summed E-state index contributed by atoms with van der Waals surface area (Å²) in [4.78, 5) is 28.4. The van der Waals surface area contributed by atoms with Gasteiger partial charge in [0.15, 0.2) is 11.5 Å². The van der Waals surface area contributed by atoms with Crippen molar-refractivity contribution in [1.29, 1.82) is 0 Å². The number of H-pyrrole nitrogens is 1. The molecule has 0 radical (unpaired) electrons. The number of aromatic nitrogens is 5. The third-order valence-corrected chi connectivity index (χ3v) is 4.63. The number of halogens is 1. The van der Waals surface area contributed by atoms with E-state index in [2.05, 4.69) is 67.8 Å². The van der Waals surface area contributed by atoms with E-state index < -0.39 is 0 Å². The molecule has 3 rings (SSSR count). The van der Waals surface area contributed by atoms with E-state index in [0.717, 1.165) is 31.5 Å². The predicted octanol–water partition coefficient (Wildman–Crippen LogP) is 2.72. The third-order valence-electron chi connectivity index (χ3n) is 4.19. The summed E-state index contributed by atoms with van der Waals surface area (Å²) < 4.78 is 2.09. The molecule has 1 unspecified atom stereocenters. The second kappa shape index (κ2) is 8.68. The minimum atomic E-state index is -0.275. The van der Waals surface area contributed by atoms with E-state index in [0.29, 0.717) is 27.6 Å². The number of hydrogen-bond acceptors (Lipinski definition) is 6. The Labute approximate surface area is 171 Å². The number of nitrogens with one attached hydrogen (secondary N) is 2. The molecular formula is C18H24IN7O. The van der Waals surface area contributed by atoms with Gasteiger partial charge in [-0.1, -0.05) is 48.9 Å². The van der Waals surface area contributed by atoms with Gasteiger partial charge in [-0.05, 0) is 24.5 Å². The van der Waals surface area contributed by atoms with Crippen molar-refractivity contribution in [2.45, 2.75) is 43.6 Å². The Bertz CT molecular complexity index is 962. The number of fused-ring (bicyclic) bond motifs is 1. The summed E-state index contributed by atoms with van der Waals surface area (Å²) >= 11 is 2.39. The van der Waals surface area contributed by atoms with E-state index in [-0.39, 0.29) is 11.5 Å². The summed E-state index contributed by atoms with van der Waals surface area (Å²) in [6.07, 6.45) is 4.91. The number of imidazole rings is 1. The molecule has 0 amide bonds. The summed E-state index contributed by atoms with van der Waals surface area (Å²) in [5.41, 5.74) is 8.65. The molecule has 3 aromatic rings. The highest BCUT2D eigenvalue weighted by atomic mass is 127. The molecule has 9 heteroatoms. The molecule has 0 bridgehead atoms. The number of nitrogens with zero attached hydrogens (tertiary/aromatic N) is 4. The number of unbranched alkanes of at least 4 members (excludes halogenated alkanes) is 1. The van der Waals surface area contributed by atoms with Gasteiger partial charge in [-0.15, -0.1) is 0 Å². The Balaban J connectivity index is 1.89. The largest absolute Gasteiger partial charge is 0.382 e. The Hall–Kier alpha value is -2.17. The SMILES string of the molecule is CCCCNc1nc(N)c2[nH]c(=O)n(Cc3ccc(CC(C)I)cn3)c2n1. The monoisotopic (exact) mass is 481 g/mol. The van der Waals surface area contributed by atoms with E-state index in [4.69, 9.17) is 5.73 Å². The first kappa shape index (κ1) is 19.6. The number of anilines is 2. The van der Waals surface area contributed by atoms with E-state index in [1.54, 1.807) is 4.57 Å². The van der Waals surface area contributed by atoms with Crippen molar-refractivity contribution >= 4 is 45.5 Å². The van der Waals surface area contributed by atoms with Crippen LogP contribution in [0.1, 0.15) is 37.9 Å². The van der Waals surface area contributed by atoms with Crippen LogP contribution in [0.15, 0.2) is 23.1 Å². The van der Waals surface area contributed by atoms with Gasteiger partial charge in [-0.3, -0.25) is 9.55 Å².